The molecule has 3 nitrogen and oxygen atoms in total. The average molecular weight is 222 g/mol. The Hall–Kier alpha value is -1.42. The predicted octanol–water partition coefficient (Wildman–Crippen LogP) is 1.00. The third-order valence-electron chi connectivity index (χ3n) is 3.10. The normalized spacial score (nSPS) is 25.3. The molecule has 1 aliphatic rings. The van der Waals surface area contributed by atoms with Gasteiger partial charge in [0, 0.05) is 19.0 Å². The summed E-state index contributed by atoms with van der Waals surface area (Å²) in [5.74, 6) is -0.682. The quantitative estimate of drug-likeness (QED) is 0.784. The summed E-state index contributed by atoms with van der Waals surface area (Å²) in [7, 11) is 0. The monoisotopic (exact) mass is 222 g/mol. The van der Waals surface area contributed by atoms with Gasteiger partial charge in [0.05, 0.1) is 5.92 Å². The Morgan fingerprint density at radius 2 is 2.12 bits per heavy atom. The average Bonchev–Trinajstić information content (AvgIpc) is 2.30. The first-order chi connectivity index (χ1) is 7.68. The van der Waals surface area contributed by atoms with Crippen molar-refractivity contribution in [2.45, 2.75) is 12.3 Å². The minimum atomic E-state index is -0.312. The van der Waals surface area contributed by atoms with Crippen LogP contribution in [0.1, 0.15) is 17.9 Å². The van der Waals surface area contributed by atoms with Gasteiger partial charge in [-0.2, -0.15) is 0 Å². The van der Waals surface area contributed by atoms with E-state index < -0.39 is 0 Å². The molecule has 1 aromatic rings. The third kappa shape index (κ3) is 2.22. The lowest BCUT2D eigenvalue weighted by atomic mass is 9.85. The second kappa shape index (κ2) is 4.61. The van der Waals surface area contributed by atoms with E-state index in [1.54, 1.807) is 12.1 Å². The number of carbonyl (C=O) groups excluding carboxylic acids is 1. The zero-order chi connectivity index (χ0) is 11.5. The SMILES string of the molecule is NC(=O)[C@@H]1CNC[C@H](c2ccccc2F)C1. The molecule has 4 heteroatoms. The summed E-state index contributed by atoms with van der Waals surface area (Å²) < 4.78 is 13.6. The van der Waals surface area contributed by atoms with Gasteiger partial charge >= 0.3 is 0 Å². The molecule has 0 aromatic heterocycles. The molecular weight excluding hydrogens is 207 g/mol. The number of piperidine rings is 1. The molecule has 0 bridgehead atoms. The lowest BCUT2D eigenvalue weighted by Crippen LogP contribution is -2.41. The van der Waals surface area contributed by atoms with Crippen molar-refractivity contribution in [1.82, 2.24) is 5.32 Å². The van der Waals surface area contributed by atoms with Crippen LogP contribution in [0.25, 0.3) is 0 Å². The van der Waals surface area contributed by atoms with Crippen LogP contribution in [-0.4, -0.2) is 19.0 Å². The van der Waals surface area contributed by atoms with Crippen molar-refractivity contribution in [3.05, 3.63) is 35.6 Å². The summed E-state index contributed by atoms with van der Waals surface area (Å²) in [5, 5.41) is 3.12. The first kappa shape index (κ1) is 11.1. The molecule has 1 fully saturated rings. The van der Waals surface area contributed by atoms with E-state index in [2.05, 4.69) is 5.32 Å². The summed E-state index contributed by atoms with van der Waals surface area (Å²) in [6, 6.07) is 6.70. The molecule has 3 N–H and O–H groups in total. The van der Waals surface area contributed by atoms with Crippen molar-refractivity contribution in [2.75, 3.05) is 13.1 Å². The van der Waals surface area contributed by atoms with E-state index in [1.807, 2.05) is 6.07 Å². The molecule has 0 aliphatic carbocycles. The maximum atomic E-state index is 13.6. The van der Waals surface area contributed by atoms with E-state index in [9.17, 15) is 9.18 Å². The van der Waals surface area contributed by atoms with Gasteiger partial charge in [-0.3, -0.25) is 4.79 Å². The van der Waals surface area contributed by atoms with Gasteiger partial charge in [-0.05, 0) is 18.1 Å². The Morgan fingerprint density at radius 3 is 2.81 bits per heavy atom. The van der Waals surface area contributed by atoms with E-state index >= 15 is 0 Å². The van der Waals surface area contributed by atoms with Gasteiger partial charge in [-0.25, -0.2) is 4.39 Å². The molecule has 2 rings (SSSR count). The van der Waals surface area contributed by atoms with Crippen molar-refractivity contribution < 1.29 is 9.18 Å². The maximum Gasteiger partial charge on any atom is 0.221 e. The minimum absolute atomic E-state index is 0.0347. The summed E-state index contributed by atoms with van der Waals surface area (Å²) in [6.45, 7) is 1.30. The predicted molar refractivity (Wildman–Crippen MR) is 59.3 cm³/mol. The number of carbonyl (C=O) groups is 1. The number of nitrogens with one attached hydrogen (secondary N) is 1. The van der Waals surface area contributed by atoms with E-state index in [4.69, 9.17) is 5.73 Å². The zero-order valence-electron chi connectivity index (χ0n) is 8.95. The van der Waals surface area contributed by atoms with Gasteiger partial charge in [0.2, 0.25) is 5.91 Å². The minimum Gasteiger partial charge on any atom is -0.369 e. The lowest BCUT2D eigenvalue weighted by molar-refractivity contribution is -0.122. The van der Waals surface area contributed by atoms with Gasteiger partial charge in [-0.1, -0.05) is 18.2 Å². The number of hydrogen-bond donors (Lipinski definition) is 2. The standard InChI is InChI=1S/C12H15FN2O/c13-11-4-2-1-3-10(11)8-5-9(12(14)16)7-15-6-8/h1-4,8-9,15H,5-7H2,(H2,14,16)/t8-,9+/m1/s1. The molecule has 0 spiro atoms. The summed E-state index contributed by atoms with van der Waals surface area (Å²) in [5.41, 5.74) is 5.94. The topological polar surface area (TPSA) is 55.1 Å². The Morgan fingerprint density at radius 1 is 1.38 bits per heavy atom. The van der Waals surface area contributed by atoms with Crippen LogP contribution in [0, 0.1) is 11.7 Å². The second-order valence-electron chi connectivity index (χ2n) is 4.21. The highest BCUT2D eigenvalue weighted by Crippen LogP contribution is 2.27. The van der Waals surface area contributed by atoms with Crippen molar-refractivity contribution >= 4 is 5.91 Å². The highest BCUT2D eigenvalue weighted by molar-refractivity contribution is 5.77. The van der Waals surface area contributed by atoms with Gasteiger partial charge < -0.3 is 11.1 Å². The largest absolute Gasteiger partial charge is 0.369 e. The molecule has 16 heavy (non-hydrogen) atoms. The molecule has 0 unspecified atom stereocenters. The maximum absolute atomic E-state index is 13.6. The first-order valence-corrected chi connectivity index (χ1v) is 5.43. The van der Waals surface area contributed by atoms with Crippen LogP contribution in [0.2, 0.25) is 0 Å². The highest BCUT2D eigenvalue weighted by Gasteiger charge is 2.27. The third-order valence-corrected chi connectivity index (χ3v) is 3.10. The van der Waals surface area contributed by atoms with Gasteiger partial charge in [0.15, 0.2) is 0 Å². The highest BCUT2D eigenvalue weighted by atomic mass is 19.1. The molecule has 86 valence electrons. The molecule has 1 heterocycles. The van der Waals surface area contributed by atoms with Crippen molar-refractivity contribution in [3.63, 3.8) is 0 Å². The number of nitrogens with two attached hydrogens (primary N) is 1. The van der Waals surface area contributed by atoms with Crippen LogP contribution >= 0.6 is 0 Å². The van der Waals surface area contributed by atoms with Crippen LogP contribution in [0.15, 0.2) is 24.3 Å². The van der Waals surface area contributed by atoms with E-state index in [-0.39, 0.29) is 23.6 Å². The Balaban J connectivity index is 2.16. The molecule has 0 saturated carbocycles. The van der Waals surface area contributed by atoms with Crippen LogP contribution in [0.5, 0.6) is 0 Å². The van der Waals surface area contributed by atoms with E-state index in [0.717, 1.165) is 0 Å². The molecule has 1 saturated heterocycles. The number of rotatable bonds is 2. The van der Waals surface area contributed by atoms with Crippen molar-refractivity contribution in [2.24, 2.45) is 11.7 Å². The molecule has 2 atom stereocenters. The Labute approximate surface area is 93.8 Å². The molecule has 1 amide bonds. The Kier molecular flexibility index (Phi) is 3.19. The summed E-state index contributed by atoms with van der Waals surface area (Å²) in [6.07, 6.45) is 0.628. The first-order valence-electron chi connectivity index (χ1n) is 5.43. The summed E-state index contributed by atoms with van der Waals surface area (Å²) in [4.78, 5) is 11.1. The van der Waals surface area contributed by atoms with Gasteiger partial charge in [0.25, 0.3) is 0 Å². The summed E-state index contributed by atoms with van der Waals surface area (Å²) >= 11 is 0. The van der Waals surface area contributed by atoms with Crippen LogP contribution in [-0.2, 0) is 4.79 Å². The fourth-order valence-corrected chi connectivity index (χ4v) is 2.20. The van der Waals surface area contributed by atoms with Crippen LogP contribution in [0.4, 0.5) is 4.39 Å². The van der Waals surface area contributed by atoms with Crippen LogP contribution in [0.3, 0.4) is 0 Å². The number of primary amides is 1. The van der Waals surface area contributed by atoms with Gasteiger partial charge in [-0.15, -0.1) is 0 Å². The number of amides is 1. The van der Waals surface area contributed by atoms with E-state index in [1.165, 1.54) is 6.07 Å². The number of halogens is 1. The van der Waals surface area contributed by atoms with Gasteiger partial charge in [0.1, 0.15) is 5.82 Å². The molecular formula is C12H15FN2O. The van der Waals surface area contributed by atoms with Crippen molar-refractivity contribution in [3.8, 4) is 0 Å². The fourth-order valence-electron chi connectivity index (χ4n) is 2.20. The molecule has 0 radical (unpaired) electrons. The fraction of sp³-hybridized carbons (Fsp3) is 0.417. The van der Waals surface area contributed by atoms with Crippen LogP contribution < -0.4 is 11.1 Å². The zero-order valence-corrected chi connectivity index (χ0v) is 8.95. The number of benzene rings is 1. The van der Waals surface area contributed by atoms with E-state index in [0.29, 0.717) is 25.1 Å². The lowest BCUT2D eigenvalue weighted by Gasteiger charge is -2.28. The smallest absolute Gasteiger partial charge is 0.221 e. The number of hydrogen-bond acceptors (Lipinski definition) is 2. The van der Waals surface area contributed by atoms with Crippen molar-refractivity contribution in [1.29, 1.82) is 0 Å². The second-order valence-corrected chi connectivity index (χ2v) is 4.21. The Bertz CT molecular complexity index is 394. The molecule has 1 aliphatic heterocycles. The molecule has 1 aromatic carbocycles.